The van der Waals surface area contributed by atoms with Crippen LogP contribution in [0.4, 0.5) is 0 Å². The van der Waals surface area contributed by atoms with Crippen molar-refractivity contribution in [1.82, 2.24) is 0 Å². The van der Waals surface area contributed by atoms with Gasteiger partial charge < -0.3 is 5.11 Å². The Morgan fingerprint density at radius 1 is 1.09 bits per heavy atom. The Kier molecular flexibility index (Phi) is 3.41. The van der Waals surface area contributed by atoms with E-state index in [0.717, 1.165) is 30.8 Å². The van der Waals surface area contributed by atoms with E-state index < -0.39 is 0 Å². The summed E-state index contributed by atoms with van der Waals surface area (Å²) >= 11 is 0. The summed E-state index contributed by atoms with van der Waals surface area (Å²) in [6, 6.07) is 0. The van der Waals surface area contributed by atoms with Gasteiger partial charge in [0.05, 0.1) is 6.10 Å². The van der Waals surface area contributed by atoms with Gasteiger partial charge in [-0.15, -0.1) is 0 Å². The topological polar surface area (TPSA) is 37.3 Å². The van der Waals surface area contributed by atoms with Crippen molar-refractivity contribution in [2.24, 2.45) is 34.5 Å². The molecule has 0 amide bonds. The Labute approximate surface area is 140 Å². The predicted molar refractivity (Wildman–Crippen MR) is 91.9 cm³/mol. The molecule has 0 bridgehead atoms. The quantitative estimate of drug-likeness (QED) is 0.713. The maximum absolute atomic E-state index is 12.3. The summed E-state index contributed by atoms with van der Waals surface area (Å²) < 4.78 is 0. The van der Waals surface area contributed by atoms with Crippen LogP contribution in [0.25, 0.3) is 0 Å². The Morgan fingerprint density at radius 2 is 1.83 bits per heavy atom. The summed E-state index contributed by atoms with van der Waals surface area (Å²) in [6.07, 6.45) is 7.60. The molecule has 3 fully saturated rings. The number of hydrogen-bond acceptors (Lipinski definition) is 2. The molecule has 1 N–H and O–H groups in total. The number of carbonyl (C=O) groups is 1. The van der Waals surface area contributed by atoms with Crippen LogP contribution < -0.4 is 0 Å². The highest BCUT2D eigenvalue weighted by molar-refractivity contribution is 5.97. The van der Waals surface area contributed by atoms with Crippen LogP contribution in [-0.2, 0) is 4.79 Å². The molecule has 0 heterocycles. The van der Waals surface area contributed by atoms with Gasteiger partial charge in [-0.1, -0.05) is 26.3 Å². The molecule has 0 spiro atoms. The van der Waals surface area contributed by atoms with Crippen molar-refractivity contribution < 1.29 is 9.90 Å². The van der Waals surface area contributed by atoms with Crippen LogP contribution in [0.15, 0.2) is 11.1 Å². The fourth-order valence-corrected chi connectivity index (χ4v) is 7.28. The molecular weight excluding hydrogens is 284 g/mol. The minimum atomic E-state index is -0.0923. The largest absolute Gasteiger partial charge is 0.393 e. The second-order valence-corrected chi connectivity index (χ2v) is 9.47. The Bertz CT molecular complexity index is 576. The van der Waals surface area contributed by atoms with Crippen molar-refractivity contribution in [3.8, 4) is 0 Å². The molecular formula is C21H32O2. The SMILES string of the molecule is CC1=C2CC[C@@H]3[C@@H](CC[C@]4(C)C(O)CC[C@@H]34)[C@@]2(C)C(C)CC1=O. The smallest absolute Gasteiger partial charge is 0.158 e. The van der Waals surface area contributed by atoms with Gasteiger partial charge in [0.2, 0.25) is 0 Å². The zero-order chi connectivity index (χ0) is 16.6. The van der Waals surface area contributed by atoms with Gasteiger partial charge in [-0.05, 0) is 85.5 Å². The highest BCUT2D eigenvalue weighted by Gasteiger charge is 2.60. The second kappa shape index (κ2) is 4.94. The number of ketones is 1. The fraction of sp³-hybridized carbons (Fsp3) is 0.857. The van der Waals surface area contributed by atoms with E-state index >= 15 is 0 Å². The van der Waals surface area contributed by atoms with Crippen molar-refractivity contribution in [1.29, 1.82) is 0 Å². The average Bonchev–Trinajstić information content (AvgIpc) is 2.81. The molecule has 3 saturated carbocycles. The molecule has 0 aliphatic heterocycles. The molecule has 4 aliphatic rings. The molecule has 23 heavy (non-hydrogen) atoms. The van der Waals surface area contributed by atoms with E-state index in [0.29, 0.717) is 23.5 Å². The summed E-state index contributed by atoms with van der Waals surface area (Å²) in [7, 11) is 0. The maximum atomic E-state index is 12.3. The average molecular weight is 316 g/mol. The van der Waals surface area contributed by atoms with Crippen LogP contribution in [-0.4, -0.2) is 17.0 Å². The predicted octanol–water partition coefficient (Wildman–Crippen LogP) is 4.52. The van der Waals surface area contributed by atoms with Gasteiger partial charge in [-0.25, -0.2) is 0 Å². The summed E-state index contributed by atoms with van der Waals surface area (Å²) in [6.45, 7) is 9.20. The van der Waals surface area contributed by atoms with Crippen molar-refractivity contribution in [2.75, 3.05) is 0 Å². The molecule has 2 heteroatoms. The molecule has 0 saturated heterocycles. The van der Waals surface area contributed by atoms with Crippen LogP contribution in [0.5, 0.6) is 0 Å². The highest BCUT2D eigenvalue weighted by Crippen LogP contribution is 2.66. The highest BCUT2D eigenvalue weighted by atomic mass is 16.3. The zero-order valence-corrected chi connectivity index (χ0v) is 15.2. The van der Waals surface area contributed by atoms with Crippen LogP contribution >= 0.6 is 0 Å². The third kappa shape index (κ3) is 1.88. The fourth-order valence-electron chi connectivity index (χ4n) is 7.28. The minimum absolute atomic E-state index is 0.0923. The number of allylic oxidation sites excluding steroid dienone is 1. The third-order valence-electron chi connectivity index (χ3n) is 8.92. The number of aliphatic hydroxyl groups excluding tert-OH is 1. The van der Waals surface area contributed by atoms with Gasteiger partial charge in [-0.3, -0.25) is 4.79 Å². The van der Waals surface area contributed by atoms with Gasteiger partial charge in [-0.2, -0.15) is 0 Å². The molecule has 2 unspecified atom stereocenters. The lowest BCUT2D eigenvalue weighted by Gasteiger charge is -2.60. The Morgan fingerprint density at radius 3 is 2.57 bits per heavy atom. The molecule has 128 valence electrons. The van der Waals surface area contributed by atoms with Crippen LogP contribution in [0.2, 0.25) is 0 Å². The van der Waals surface area contributed by atoms with Gasteiger partial charge >= 0.3 is 0 Å². The minimum Gasteiger partial charge on any atom is -0.393 e. The van der Waals surface area contributed by atoms with Crippen molar-refractivity contribution >= 4 is 5.78 Å². The van der Waals surface area contributed by atoms with Gasteiger partial charge in [0.25, 0.3) is 0 Å². The molecule has 0 radical (unpaired) electrons. The van der Waals surface area contributed by atoms with Crippen molar-refractivity contribution in [3.05, 3.63) is 11.1 Å². The summed E-state index contributed by atoms with van der Waals surface area (Å²) in [4.78, 5) is 12.3. The van der Waals surface area contributed by atoms with Crippen molar-refractivity contribution in [3.63, 3.8) is 0 Å². The van der Waals surface area contributed by atoms with Gasteiger partial charge in [0.15, 0.2) is 5.78 Å². The molecule has 0 aromatic carbocycles. The maximum Gasteiger partial charge on any atom is 0.158 e. The number of aliphatic hydroxyl groups is 1. The van der Waals surface area contributed by atoms with E-state index in [-0.39, 0.29) is 16.9 Å². The summed E-state index contributed by atoms with van der Waals surface area (Å²) in [5.74, 6) is 3.02. The first-order valence-corrected chi connectivity index (χ1v) is 9.71. The van der Waals surface area contributed by atoms with Gasteiger partial charge in [0, 0.05) is 6.42 Å². The standard InChI is InChI=1S/C21H32O2/c1-12-11-18(22)13(2)15-6-5-14-16-7-8-19(23)20(16,3)10-9-17(14)21(12,15)4/h12,14,16-17,19,23H,5-11H2,1-4H3/t12?,14-,16-,17+,19?,20-,21-/m0/s1. The molecule has 4 aliphatic carbocycles. The number of fused-ring (bicyclic) bond motifs is 5. The summed E-state index contributed by atoms with van der Waals surface area (Å²) in [5, 5.41) is 10.5. The molecule has 2 nitrogen and oxygen atoms in total. The number of rotatable bonds is 0. The number of hydrogen-bond donors (Lipinski definition) is 1. The van der Waals surface area contributed by atoms with E-state index in [2.05, 4.69) is 27.7 Å². The van der Waals surface area contributed by atoms with E-state index in [1.807, 2.05) is 0 Å². The Hall–Kier alpha value is -0.630. The van der Waals surface area contributed by atoms with E-state index in [1.54, 1.807) is 0 Å². The molecule has 4 rings (SSSR count). The van der Waals surface area contributed by atoms with Crippen LogP contribution in [0.3, 0.4) is 0 Å². The van der Waals surface area contributed by atoms with Crippen LogP contribution in [0.1, 0.15) is 72.6 Å². The molecule has 0 aromatic rings. The van der Waals surface area contributed by atoms with E-state index in [4.69, 9.17) is 0 Å². The first-order valence-electron chi connectivity index (χ1n) is 9.71. The van der Waals surface area contributed by atoms with Crippen molar-refractivity contribution in [2.45, 2.75) is 78.7 Å². The lowest BCUT2D eigenvalue weighted by molar-refractivity contribution is -0.122. The number of carbonyl (C=O) groups excluding carboxylic acids is 1. The third-order valence-corrected chi connectivity index (χ3v) is 8.92. The zero-order valence-electron chi connectivity index (χ0n) is 15.2. The summed E-state index contributed by atoms with van der Waals surface area (Å²) in [5.41, 5.74) is 2.95. The lowest BCUT2D eigenvalue weighted by Crippen LogP contribution is -2.54. The second-order valence-electron chi connectivity index (χ2n) is 9.47. The van der Waals surface area contributed by atoms with E-state index in [9.17, 15) is 9.90 Å². The molecule has 7 atom stereocenters. The lowest BCUT2D eigenvalue weighted by atomic mass is 9.45. The monoisotopic (exact) mass is 316 g/mol. The van der Waals surface area contributed by atoms with Gasteiger partial charge in [0.1, 0.15) is 0 Å². The van der Waals surface area contributed by atoms with E-state index in [1.165, 1.54) is 31.3 Å². The normalized spacial score (nSPS) is 52.9. The van der Waals surface area contributed by atoms with Crippen LogP contribution in [0, 0.1) is 34.5 Å². The molecule has 0 aromatic heterocycles. The number of Topliss-reactive ketones (excluding diaryl/α,β-unsaturated/α-hetero) is 1. The first kappa shape index (κ1) is 15.9. The Balaban J connectivity index is 1.75. The first-order chi connectivity index (χ1) is 10.8.